The van der Waals surface area contributed by atoms with Crippen molar-refractivity contribution in [1.82, 2.24) is 0 Å². The van der Waals surface area contributed by atoms with Gasteiger partial charge in [0.15, 0.2) is 0 Å². The van der Waals surface area contributed by atoms with E-state index in [4.69, 9.17) is 5.73 Å². The Balaban J connectivity index is 2.22. The summed E-state index contributed by atoms with van der Waals surface area (Å²) in [7, 11) is 0. The molecule has 0 aliphatic heterocycles. The molecular formula is C14H13N3O4. The fourth-order valence-corrected chi connectivity index (χ4v) is 1.80. The van der Waals surface area contributed by atoms with E-state index in [9.17, 15) is 20.0 Å². The Hall–Kier alpha value is -2.93. The lowest BCUT2D eigenvalue weighted by atomic mass is 10.1. The summed E-state index contributed by atoms with van der Waals surface area (Å²) in [5.74, 6) is -0.831. The Morgan fingerprint density at radius 1 is 1.24 bits per heavy atom. The first kappa shape index (κ1) is 14.5. The maximum Gasteiger partial charge on any atom is 0.296 e. The summed E-state index contributed by atoms with van der Waals surface area (Å²) < 4.78 is 0. The number of carbonyl (C=O) groups is 1. The molecule has 0 saturated carbocycles. The number of nitro groups is 1. The van der Waals surface area contributed by atoms with E-state index in [1.807, 2.05) is 0 Å². The van der Waals surface area contributed by atoms with Crippen LogP contribution in [-0.2, 0) is 4.79 Å². The molecule has 0 heterocycles. The van der Waals surface area contributed by atoms with Crippen molar-refractivity contribution in [2.75, 3.05) is 5.32 Å². The highest BCUT2D eigenvalue weighted by Crippen LogP contribution is 2.29. The molecule has 2 aromatic carbocycles. The topological polar surface area (TPSA) is 118 Å². The van der Waals surface area contributed by atoms with Gasteiger partial charge in [0, 0.05) is 0 Å². The number of hydrogen-bond acceptors (Lipinski definition) is 5. The van der Waals surface area contributed by atoms with E-state index in [1.54, 1.807) is 30.3 Å². The molecule has 0 aliphatic carbocycles. The minimum atomic E-state index is -0.945. The van der Waals surface area contributed by atoms with Crippen LogP contribution in [0.5, 0.6) is 5.75 Å². The van der Waals surface area contributed by atoms with Crippen LogP contribution in [0, 0.1) is 10.1 Å². The molecule has 7 nitrogen and oxygen atoms in total. The SMILES string of the molecule is N[C@H](C(=O)Nc1ccc(O)cc1[N+](=O)[O-])c1ccccc1. The van der Waals surface area contributed by atoms with Crippen molar-refractivity contribution in [1.29, 1.82) is 0 Å². The van der Waals surface area contributed by atoms with Gasteiger partial charge in [-0.05, 0) is 17.7 Å². The summed E-state index contributed by atoms with van der Waals surface area (Å²) in [6, 6.07) is 11.2. The molecule has 21 heavy (non-hydrogen) atoms. The molecule has 0 spiro atoms. The predicted octanol–water partition coefficient (Wildman–Crippen LogP) is 1.94. The number of phenols is 1. The van der Waals surface area contributed by atoms with Gasteiger partial charge >= 0.3 is 0 Å². The first-order valence-electron chi connectivity index (χ1n) is 6.08. The number of nitrogens with zero attached hydrogens (tertiary/aromatic N) is 1. The normalized spacial score (nSPS) is 11.7. The number of carbonyl (C=O) groups excluding carboxylic acids is 1. The third-order valence-corrected chi connectivity index (χ3v) is 2.88. The molecule has 1 atom stereocenters. The highest BCUT2D eigenvalue weighted by Gasteiger charge is 2.21. The van der Waals surface area contributed by atoms with Gasteiger partial charge in [-0.25, -0.2) is 0 Å². The van der Waals surface area contributed by atoms with Crippen molar-refractivity contribution < 1.29 is 14.8 Å². The average molecular weight is 287 g/mol. The maximum absolute atomic E-state index is 12.1. The first-order valence-corrected chi connectivity index (χ1v) is 6.08. The summed E-state index contributed by atoms with van der Waals surface area (Å²) in [5.41, 5.74) is 5.99. The molecule has 1 amide bonds. The summed E-state index contributed by atoms with van der Waals surface area (Å²) in [6.45, 7) is 0. The van der Waals surface area contributed by atoms with Gasteiger partial charge in [-0.3, -0.25) is 14.9 Å². The fourth-order valence-electron chi connectivity index (χ4n) is 1.80. The third-order valence-electron chi connectivity index (χ3n) is 2.88. The lowest BCUT2D eigenvalue weighted by molar-refractivity contribution is -0.384. The summed E-state index contributed by atoms with van der Waals surface area (Å²) in [4.78, 5) is 22.3. The van der Waals surface area contributed by atoms with Gasteiger partial charge in [0.05, 0.1) is 11.0 Å². The Morgan fingerprint density at radius 3 is 2.52 bits per heavy atom. The van der Waals surface area contributed by atoms with Crippen LogP contribution >= 0.6 is 0 Å². The van der Waals surface area contributed by atoms with Crippen molar-refractivity contribution >= 4 is 17.3 Å². The van der Waals surface area contributed by atoms with E-state index in [0.29, 0.717) is 5.56 Å². The Bertz CT molecular complexity index is 673. The summed E-state index contributed by atoms with van der Waals surface area (Å²) >= 11 is 0. The van der Waals surface area contributed by atoms with Crippen LogP contribution in [0.15, 0.2) is 48.5 Å². The van der Waals surface area contributed by atoms with E-state index in [1.165, 1.54) is 12.1 Å². The van der Waals surface area contributed by atoms with Crippen molar-refractivity contribution in [3.63, 3.8) is 0 Å². The van der Waals surface area contributed by atoms with Crippen LogP contribution in [0.1, 0.15) is 11.6 Å². The van der Waals surface area contributed by atoms with E-state index in [2.05, 4.69) is 5.32 Å². The number of benzene rings is 2. The van der Waals surface area contributed by atoms with E-state index in [-0.39, 0.29) is 11.4 Å². The molecule has 2 aromatic rings. The number of anilines is 1. The largest absolute Gasteiger partial charge is 0.508 e. The standard InChI is InChI=1S/C14H13N3O4/c15-13(9-4-2-1-3-5-9)14(19)16-11-7-6-10(18)8-12(11)17(20)21/h1-8,13,18H,15H2,(H,16,19)/t13-/m0/s1. The minimum absolute atomic E-state index is 0.0193. The highest BCUT2D eigenvalue weighted by atomic mass is 16.6. The van der Waals surface area contributed by atoms with Crippen LogP contribution in [0.3, 0.4) is 0 Å². The molecule has 0 unspecified atom stereocenters. The molecule has 0 radical (unpaired) electrons. The highest BCUT2D eigenvalue weighted by molar-refractivity contribution is 5.97. The number of hydrogen-bond donors (Lipinski definition) is 3. The molecule has 2 rings (SSSR count). The number of aromatic hydroxyl groups is 1. The van der Waals surface area contributed by atoms with Gasteiger partial charge in [-0.15, -0.1) is 0 Å². The van der Waals surface area contributed by atoms with Crippen molar-refractivity contribution in [3.8, 4) is 5.75 Å². The molecule has 0 bridgehead atoms. The second-order valence-electron chi connectivity index (χ2n) is 4.34. The van der Waals surface area contributed by atoms with Gasteiger partial charge in [0.2, 0.25) is 5.91 Å². The first-order chi connectivity index (χ1) is 9.99. The molecule has 0 aliphatic rings. The fraction of sp³-hybridized carbons (Fsp3) is 0.0714. The minimum Gasteiger partial charge on any atom is -0.508 e. The average Bonchev–Trinajstić information content (AvgIpc) is 2.49. The van der Waals surface area contributed by atoms with Crippen LogP contribution in [-0.4, -0.2) is 15.9 Å². The molecule has 0 saturated heterocycles. The van der Waals surface area contributed by atoms with Crippen LogP contribution in [0.25, 0.3) is 0 Å². The Morgan fingerprint density at radius 2 is 1.90 bits per heavy atom. The molecular weight excluding hydrogens is 274 g/mol. The van der Waals surface area contributed by atoms with Gasteiger partial charge in [-0.1, -0.05) is 30.3 Å². The summed E-state index contributed by atoms with van der Waals surface area (Å²) in [5, 5.41) is 22.6. The maximum atomic E-state index is 12.1. The van der Waals surface area contributed by atoms with Crippen LogP contribution in [0.2, 0.25) is 0 Å². The van der Waals surface area contributed by atoms with E-state index >= 15 is 0 Å². The number of nitrogens with one attached hydrogen (secondary N) is 1. The lowest BCUT2D eigenvalue weighted by Crippen LogP contribution is -2.27. The second kappa shape index (κ2) is 6.02. The number of nitrogens with two attached hydrogens (primary N) is 1. The van der Waals surface area contributed by atoms with Crippen LogP contribution < -0.4 is 11.1 Å². The van der Waals surface area contributed by atoms with Gasteiger partial charge in [0.25, 0.3) is 5.69 Å². The molecule has 4 N–H and O–H groups in total. The third kappa shape index (κ3) is 3.34. The number of nitro benzene ring substituents is 1. The zero-order valence-electron chi connectivity index (χ0n) is 10.9. The Labute approximate surface area is 120 Å². The number of amides is 1. The van der Waals surface area contributed by atoms with E-state index in [0.717, 1.165) is 6.07 Å². The van der Waals surface area contributed by atoms with Crippen molar-refractivity contribution in [2.45, 2.75) is 6.04 Å². The predicted molar refractivity (Wildman–Crippen MR) is 76.8 cm³/mol. The van der Waals surface area contributed by atoms with Crippen molar-refractivity contribution in [3.05, 3.63) is 64.2 Å². The quantitative estimate of drug-likeness (QED) is 0.451. The van der Waals surface area contributed by atoms with Gasteiger partial charge < -0.3 is 16.2 Å². The summed E-state index contributed by atoms with van der Waals surface area (Å²) in [6.07, 6.45) is 0. The zero-order valence-corrected chi connectivity index (χ0v) is 10.9. The van der Waals surface area contributed by atoms with E-state index < -0.39 is 22.6 Å². The van der Waals surface area contributed by atoms with Crippen LogP contribution in [0.4, 0.5) is 11.4 Å². The lowest BCUT2D eigenvalue weighted by Gasteiger charge is -2.12. The number of rotatable bonds is 4. The molecule has 7 heteroatoms. The monoisotopic (exact) mass is 287 g/mol. The molecule has 0 fully saturated rings. The Kier molecular flexibility index (Phi) is 4.15. The molecule has 108 valence electrons. The van der Waals surface area contributed by atoms with Gasteiger partial charge in [-0.2, -0.15) is 0 Å². The smallest absolute Gasteiger partial charge is 0.296 e. The second-order valence-corrected chi connectivity index (χ2v) is 4.34. The zero-order chi connectivity index (χ0) is 15.4. The number of phenolic OH excluding ortho intramolecular Hbond substituents is 1. The van der Waals surface area contributed by atoms with Crippen molar-refractivity contribution in [2.24, 2.45) is 5.73 Å². The molecule has 0 aromatic heterocycles. The van der Waals surface area contributed by atoms with Gasteiger partial charge in [0.1, 0.15) is 17.5 Å².